The zero-order valence-electron chi connectivity index (χ0n) is 8.68. The van der Waals surface area contributed by atoms with E-state index in [-0.39, 0.29) is 11.1 Å². The number of benzene rings is 1. The summed E-state index contributed by atoms with van der Waals surface area (Å²) in [6.07, 6.45) is 0. The van der Waals surface area contributed by atoms with Gasteiger partial charge in [-0.05, 0) is 18.6 Å². The zero-order valence-corrected chi connectivity index (χ0v) is 8.68. The first-order valence-corrected chi connectivity index (χ1v) is 4.29. The van der Waals surface area contributed by atoms with Crippen LogP contribution >= 0.6 is 0 Å². The summed E-state index contributed by atoms with van der Waals surface area (Å²) >= 11 is 0. The average Bonchev–Trinajstić information content (AvgIpc) is 2.27. The second-order valence-corrected chi connectivity index (χ2v) is 3.01. The van der Waals surface area contributed by atoms with Gasteiger partial charge in [-0.1, -0.05) is 6.07 Å². The van der Waals surface area contributed by atoms with E-state index in [4.69, 9.17) is 5.26 Å². The molecule has 0 heterocycles. The molecule has 0 aliphatic carbocycles. The van der Waals surface area contributed by atoms with Crippen LogP contribution in [0.1, 0.15) is 21.5 Å². The molecular formula is C10H8N2O4. The van der Waals surface area contributed by atoms with Crippen molar-refractivity contribution >= 4 is 11.7 Å². The van der Waals surface area contributed by atoms with Gasteiger partial charge in [0.25, 0.3) is 0 Å². The molecule has 6 heteroatoms. The van der Waals surface area contributed by atoms with Crippen molar-refractivity contribution in [3.63, 3.8) is 0 Å². The van der Waals surface area contributed by atoms with E-state index in [1.54, 1.807) is 13.0 Å². The Hall–Kier alpha value is -2.42. The van der Waals surface area contributed by atoms with Gasteiger partial charge in [-0.2, -0.15) is 5.26 Å². The maximum Gasteiger partial charge on any atom is 0.344 e. The van der Waals surface area contributed by atoms with Crippen molar-refractivity contribution in [3.8, 4) is 6.07 Å². The molecule has 0 aliphatic rings. The first-order valence-electron chi connectivity index (χ1n) is 4.29. The molecule has 0 aromatic heterocycles. The van der Waals surface area contributed by atoms with Gasteiger partial charge in [0.15, 0.2) is 0 Å². The number of aryl methyl sites for hydroxylation is 1. The van der Waals surface area contributed by atoms with E-state index in [9.17, 15) is 14.9 Å². The number of nitro benzene ring substituents is 1. The standard InChI is InChI=1S/C10H8N2O4/c1-6-3-4-7(10(13)16-2)9(12(14)15)8(6)5-11/h3-4H,1-2H3. The van der Waals surface area contributed by atoms with Gasteiger partial charge < -0.3 is 4.74 Å². The van der Waals surface area contributed by atoms with Gasteiger partial charge in [-0.25, -0.2) is 4.79 Å². The molecule has 0 bridgehead atoms. The van der Waals surface area contributed by atoms with Crippen LogP contribution < -0.4 is 0 Å². The van der Waals surface area contributed by atoms with Crippen molar-refractivity contribution in [3.05, 3.63) is 38.9 Å². The Morgan fingerprint density at radius 1 is 1.56 bits per heavy atom. The van der Waals surface area contributed by atoms with Crippen LogP contribution in [0.3, 0.4) is 0 Å². The van der Waals surface area contributed by atoms with E-state index >= 15 is 0 Å². The summed E-state index contributed by atoms with van der Waals surface area (Å²) in [6.45, 7) is 1.56. The van der Waals surface area contributed by atoms with E-state index in [1.807, 2.05) is 0 Å². The summed E-state index contributed by atoms with van der Waals surface area (Å²) in [7, 11) is 1.12. The number of esters is 1. The SMILES string of the molecule is COC(=O)c1ccc(C)c(C#N)c1[N+](=O)[O-]. The molecule has 0 unspecified atom stereocenters. The second-order valence-electron chi connectivity index (χ2n) is 3.01. The molecule has 1 aromatic rings. The minimum absolute atomic E-state index is 0.118. The van der Waals surface area contributed by atoms with Crippen LogP contribution in [-0.4, -0.2) is 18.0 Å². The lowest BCUT2D eigenvalue weighted by molar-refractivity contribution is -0.385. The lowest BCUT2D eigenvalue weighted by Gasteiger charge is -2.04. The first kappa shape index (κ1) is 11.7. The number of rotatable bonds is 2. The lowest BCUT2D eigenvalue weighted by Crippen LogP contribution is -2.08. The number of ether oxygens (including phenoxy) is 1. The van der Waals surface area contributed by atoms with Gasteiger partial charge in [0, 0.05) is 0 Å². The van der Waals surface area contributed by atoms with Crippen molar-refractivity contribution in [2.24, 2.45) is 0 Å². The number of hydrogen-bond acceptors (Lipinski definition) is 5. The topological polar surface area (TPSA) is 93.2 Å². The average molecular weight is 220 g/mol. The maximum atomic E-state index is 11.3. The number of nitrogens with zero attached hydrogens (tertiary/aromatic N) is 2. The Labute approximate surface area is 91.2 Å². The largest absolute Gasteiger partial charge is 0.465 e. The van der Waals surface area contributed by atoms with E-state index < -0.39 is 16.6 Å². The van der Waals surface area contributed by atoms with Gasteiger partial charge in [-0.15, -0.1) is 0 Å². The molecule has 6 nitrogen and oxygen atoms in total. The number of nitriles is 1. The molecule has 1 aromatic carbocycles. The third kappa shape index (κ3) is 1.83. The Bertz CT molecular complexity index is 502. The smallest absolute Gasteiger partial charge is 0.344 e. The summed E-state index contributed by atoms with van der Waals surface area (Å²) in [5, 5.41) is 19.6. The molecule has 0 amide bonds. The fourth-order valence-electron chi connectivity index (χ4n) is 1.30. The highest BCUT2D eigenvalue weighted by Gasteiger charge is 2.26. The fraction of sp³-hybridized carbons (Fsp3) is 0.200. The normalized spacial score (nSPS) is 9.31. The van der Waals surface area contributed by atoms with E-state index in [2.05, 4.69) is 4.74 Å². The monoisotopic (exact) mass is 220 g/mol. The number of carbonyl (C=O) groups excluding carboxylic acids is 1. The number of hydrogen-bond donors (Lipinski definition) is 0. The predicted molar refractivity (Wildman–Crippen MR) is 53.9 cm³/mol. The third-order valence-electron chi connectivity index (χ3n) is 2.09. The predicted octanol–water partition coefficient (Wildman–Crippen LogP) is 1.56. The molecule has 1 rings (SSSR count). The number of nitro groups is 1. The maximum absolute atomic E-state index is 11.3. The van der Waals surface area contributed by atoms with E-state index in [0.29, 0.717) is 5.56 Å². The molecule has 0 N–H and O–H groups in total. The van der Waals surface area contributed by atoms with Crippen LogP contribution in [0, 0.1) is 28.4 Å². The van der Waals surface area contributed by atoms with Crippen molar-refractivity contribution in [1.82, 2.24) is 0 Å². The highest BCUT2D eigenvalue weighted by Crippen LogP contribution is 2.26. The molecule has 82 valence electrons. The molecule has 0 spiro atoms. The summed E-state index contributed by atoms with van der Waals surface area (Å²) in [5.41, 5.74) is -0.390. The first-order chi connectivity index (χ1) is 7.52. The van der Waals surface area contributed by atoms with Crippen LogP contribution in [0.4, 0.5) is 5.69 Å². The number of methoxy groups -OCH3 is 1. The molecule has 0 saturated heterocycles. The second kappa shape index (κ2) is 4.40. The Balaban J connectivity index is 3.59. The van der Waals surface area contributed by atoms with Gasteiger partial charge in [0.2, 0.25) is 0 Å². The van der Waals surface area contributed by atoms with Gasteiger partial charge in [-0.3, -0.25) is 10.1 Å². The summed E-state index contributed by atoms with van der Waals surface area (Å²) in [6, 6.07) is 4.46. The molecule has 16 heavy (non-hydrogen) atoms. The van der Waals surface area contributed by atoms with Crippen molar-refractivity contribution < 1.29 is 14.5 Å². The lowest BCUT2D eigenvalue weighted by atomic mass is 10.0. The van der Waals surface area contributed by atoms with Crippen LogP contribution in [0.25, 0.3) is 0 Å². The summed E-state index contributed by atoms with van der Waals surface area (Å²) in [5.74, 6) is -0.830. The van der Waals surface area contributed by atoms with Gasteiger partial charge in [0.1, 0.15) is 17.2 Å². The van der Waals surface area contributed by atoms with Crippen LogP contribution in [0.5, 0.6) is 0 Å². The van der Waals surface area contributed by atoms with E-state index in [1.165, 1.54) is 12.1 Å². The van der Waals surface area contributed by atoms with Crippen LogP contribution in [0.15, 0.2) is 12.1 Å². The highest BCUT2D eigenvalue weighted by atomic mass is 16.6. The minimum atomic E-state index is -0.830. The quantitative estimate of drug-likeness (QED) is 0.428. The molecule has 0 atom stereocenters. The Morgan fingerprint density at radius 3 is 2.62 bits per heavy atom. The third-order valence-corrected chi connectivity index (χ3v) is 2.09. The molecule has 0 radical (unpaired) electrons. The Kier molecular flexibility index (Phi) is 3.20. The molecule has 0 aliphatic heterocycles. The Morgan fingerprint density at radius 2 is 2.19 bits per heavy atom. The molecular weight excluding hydrogens is 212 g/mol. The fourth-order valence-corrected chi connectivity index (χ4v) is 1.30. The molecule has 0 fully saturated rings. The van der Waals surface area contributed by atoms with Crippen LogP contribution in [0.2, 0.25) is 0 Å². The minimum Gasteiger partial charge on any atom is -0.465 e. The summed E-state index contributed by atoms with van der Waals surface area (Å²) < 4.78 is 4.41. The van der Waals surface area contributed by atoms with Crippen molar-refractivity contribution in [2.75, 3.05) is 7.11 Å². The van der Waals surface area contributed by atoms with Crippen molar-refractivity contribution in [1.29, 1.82) is 5.26 Å². The summed E-state index contributed by atoms with van der Waals surface area (Å²) in [4.78, 5) is 21.4. The van der Waals surface area contributed by atoms with Gasteiger partial charge in [0.05, 0.1) is 12.0 Å². The molecule has 0 saturated carbocycles. The van der Waals surface area contributed by atoms with Crippen LogP contribution in [-0.2, 0) is 4.74 Å². The van der Waals surface area contributed by atoms with Gasteiger partial charge >= 0.3 is 11.7 Å². The number of carbonyl (C=O) groups is 1. The zero-order chi connectivity index (χ0) is 12.3. The highest BCUT2D eigenvalue weighted by molar-refractivity contribution is 5.95. The van der Waals surface area contributed by atoms with E-state index in [0.717, 1.165) is 7.11 Å². The van der Waals surface area contributed by atoms with Crippen molar-refractivity contribution in [2.45, 2.75) is 6.92 Å².